The number of aliphatic hydroxyl groups is 1. The molecule has 108 valence electrons. The number of aryl methyl sites for hydroxylation is 1. The van der Waals surface area contributed by atoms with E-state index in [-0.39, 0.29) is 24.6 Å². The Morgan fingerprint density at radius 2 is 1.95 bits per heavy atom. The Morgan fingerprint density at radius 3 is 2.45 bits per heavy atom. The van der Waals surface area contributed by atoms with Gasteiger partial charge in [-0.25, -0.2) is 8.42 Å². The third kappa shape index (κ3) is 4.20. The molecule has 20 heavy (non-hydrogen) atoms. The lowest BCUT2D eigenvalue weighted by Gasteiger charge is -2.20. The molecule has 1 aromatic rings. The summed E-state index contributed by atoms with van der Waals surface area (Å²) in [5.74, 6) is 5.41. The molecule has 0 aliphatic heterocycles. The largest absolute Gasteiger partial charge is 0.392 e. The van der Waals surface area contributed by atoms with Crippen LogP contribution in [-0.4, -0.2) is 37.5 Å². The molecule has 0 saturated carbocycles. The van der Waals surface area contributed by atoms with Crippen molar-refractivity contribution in [1.82, 2.24) is 4.31 Å². The van der Waals surface area contributed by atoms with Gasteiger partial charge >= 0.3 is 0 Å². The third-order valence-electron chi connectivity index (χ3n) is 2.71. The first-order valence-electron chi connectivity index (χ1n) is 6.15. The standard InChI is InChI=1S/C15H19NO3S/c1-4-5-10-16(11-14(3)12-17)20(18,19)15-8-6-13(2)7-9-15/h6-9,17H,3,10-12H2,1-2H3. The summed E-state index contributed by atoms with van der Waals surface area (Å²) >= 11 is 0. The molecule has 0 atom stereocenters. The summed E-state index contributed by atoms with van der Waals surface area (Å²) in [4.78, 5) is 0.215. The fourth-order valence-electron chi connectivity index (χ4n) is 1.55. The fourth-order valence-corrected chi connectivity index (χ4v) is 2.92. The Labute approximate surface area is 120 Å². The number of benzene rings is 1. The topological polar surface area (TPSA) is 57.6 Å². The van der Waals surface area contributed by atoms with Crippen molar-refractivity contribution in [2.75, 3.05) is 19.7 Å². The van der Waals surface area contributed by atoms with E-state index in [9.17, 15) is 8.42 Å². The van der Waals surface area contributed by atoms with Gasteiger partial charge in [-0.15, -0.1) is 5.92 Å². The molecule has 1 aromatic carbocycles. The van der Waals surface area contributed by atoms with Crippen LogP contribution in [0.5, 0.6) is 0 Å². The Kier molecular flexibility index (Phi) is 5.96. The average molecular weight is 293 g/mol. The lowest BCUT2D eigenvalue weighted by atomic mass is 10.2. The molecule has 0 aromatic heterocycles. The van der Waals surface area contributed by atoms with Crippen LogP contribution in [0.3, 0.4) is 0 Å². The number of aliphatic hydroxyl groups excluding tert-OH is 1. The number of rotatable bonds is 6. The predicted octanol–water partition coefficient (Wildman–Crippen LogP) is 1.56. The quantitative estimate of drug-likeness (QED) is 0.639. The third-order valence-corrected chi connectivity index (χ3v) is 4.52. The van der Waals surface area contributed by atoms with Gasteiger partial charge in [-0.3, -0.25) is 0 Å². The highest BCUT2D eigenvalue weighted by atomic mass is 32.2. The smallest absolute Gasteiger partial charge is 0.244 e. The Hall–Kier alpha value is -1.61. The molecule has 0 aliphatic rings. The van der Waals surface area contributed by atoms with E-state index < -0.39 is 10.0 Å². The van der Waals surface area contributed by atoms with Crippen molar-refractivity contribution in [3.8, 4) is 11.8 Å². The number of sulfonamides is 1. The van der Waals surface area contributed by atoms with Crippen LogP contribution in [0.1, 0.15) is 12.5 Å². The Bertz CT molecular complexity index is 621. The molecule has 4 nitrogen and oxygen atoms in total. The second-order valence-corrected chi connectivity index (χ2v) is 6.36. The van der Waals surface area contributed by atoms with Crippen molar-refractivity contribution >= 4 is 10.0 Å². The Balaban J connectivity index is 3.11. The van der Waals surface area contributed by atoms with E-state index in [1.54, 1.807) is 31.2 Å². The number of nitrogens with zero attached hydrogens (tertiary/aromatic N) is 1. The zero-order chi connectivity index (χ0) is 15.2. The van der Waals surface area contributed by atoms with E-state index in [2.05, 4.69) is 18.4 Å². The van der Waals surface area contributed by atoms with Crippen LogP contribution in [0.4, 0.5) is 0 Å². The van der Waals surface area contributed by atoms with Crippen LogP contribution < -0.4 is 0 Å². The molecule has 1 N–H and O–H groups in total. The van der Waals surface area contributed by atoms with Gasteiger partial charge in [0.05, 0.1) is 18.0 Å². The number of hydrogen-bond donors (Lipinski definition) is 1. The summed E-state index contributed by atoms with van der Waals surface area (Å²) in [6.07, 6.45) is 0. The molecule has 1 rings (SSSR count). The van der Waals surface area contributed by atoms with E-state index in [4.69, 9.17) is 5.11 Å². The van der Waals surface area contributed by atoms with Crippen LogP contribution in [0.15, 0.2) is 41.3 Å². The molecular weight excluding hydrogens is 274 g/mol. The molecule has 0 fully saturated rings. The fraction of sp³-hybridized carbons (Fsp3) is 0.333. The summed E-state index contributed by atoms with van der Waals surface area (Å²) < 4.78 is 26.3. The summed E-state index contributed by atoms with van der Waals surface area (Å²) in [5, 5.41) is 9.02. The summed E-state index contributed by atoms with van der Waals surface area (Å²) in [7, 11) is -3.64. The SMILES string of the molecule is C=C(CO)CN(CC#CC)S(=O)(=O)c1ccc(C)cc1. The maximum Gasteiger partial charge on any atom is 0.244 e. The highest BCUT2D eigenvalue weighted by molar-refractivity contribution is 7.89. The van der Waals surface area contributed by atoms with E-state index in [1.807, 2.05) is 6.92 Å². The second kappa shape index (κ2) is 7.25. The first-order valence-corrected chi connectivity index (χ1v) is 7.59. The molecule has 0 heterocycles. The van der Waals surface area contributed by atoms with Gasteiger partial charge in [-0.05, 0) is 31.6 Å². The zero-order valence-electron chi connectivity index (χ0n) is 11.8. The minimum Gasteiger partial charge on any atom is -0.392 e. The molecule has 0 amide bonds. The van der Waals surface area contributed by atoms with Crippen molar-refractivity contribution in [2.24, 2.45) is 0 Å². The molecule has 0 spiro atoms. The summed E-state index contributed by atoms with van der Waals surface area (Å²) in [6.45, 7) is 7.06. The van der Waals surface area contributed by atoms with Gasteiger partial charge in [0.25, 0.3) is 0 Å². The molecule has 0 unspecified atom stereocenters. The van der Waals surface area contributed by atoms with Crippen LogP contribution in [0.25, 0.3) is 0 Å². The molecule has 0 bridgehead atoms. The first-order chi connectivity index (χ1) is 9.41. The monoisotopic (exact) mass is 293 g/mol. The maximum atomic E-state index is 12.5. The van der Waals surface area contributed by atoms with E-state index in [0.29, 0.717) is 5.57 Å². The zero-order valence-corrected chi connectivity index (χ0v) is 12.6. The van der Waals surface area contributed by atoms with Crippen LogP contribution in [0.2, 0.25) is 0 Å². The molecule has 0 aliphatic carbocycles. The highest BCUT2D eigenvalue weighted by Gasteiger charge is 2.23. The highest BCUT2D eigenvalue weighted by Crippen LogP contribution is 2.17. The molecule has 5 heteroatoms. The number of hydrogen-bond acceptors (Lipinski definition) is 3. The van der Waals surface area contributed by atoms with Gasteiger partial charge in [0.15, 0.2) is 0 Å². The normalized spacial score (nSPS) is 11.0. The average Bonchev–Trinajstić information content (AvgIpc) is 2.43. The van der Waals surface area contributed by atoms with Gasteiger partial charge in [0.1, 0.15) is 0 Å². The van der Waals surface area contributed by atoms with Crippen LogP contribution >= 0.6 is 0 Å². The molecule has 0 saturated heterocycles. The minimum atomic E-state index is -3.64. The van der Waals surface area contributed by atoms with E-state index >= 15 is 0 Å². The summed E-state index contributed by atoms with van der Waals surface area (Å²) in [5.41, 5.74) is 1.42. The minimum absolute atomic E-state index is 0.0569. The van der Waals surface area contributed by atoms with Gasteiger partial charge in [0, 0.05) is 6.54 Å². The van der Waals surface area contributed by atoms with E-state index in [0.717, 1.165) is 5.56 Å². The first kappa shape index (κ1) is 16.4. The van der Waals surface area contributed by atoms with E-state index in [1.165, 1.54) is 4.31 Å². The summed E-state index contributed by atoms with van der Waals surface area (Å²) in [6, 6.07) is 6.63. The van der Waals surface area contributed by atoms with Crippen LogP contribution in [-0.2, 0) is 10.0 Å². The lowest BCUT2D eigenvalue weighted by molar-refractivity contribution is 0.320. The maximum absolute atomic E-state index is 12.5. The van der Waals surface area contributed by atoms with Crippen molar-refractivity contribution in [3.63, 3.8) is 0 Å². The van der Waals surface area contributed by atoms with Crippen molar-refractivity contribution in [2.45, 2.75) is 18.7 Å². The Morgan fingerprint density at radius 1 is 1.35 bits per heavy atom. The van der Waals surface area contributed by atoms with Gasteiger partial charge in [-0.1, -0.05) is 30.2 Å². The van der Waals surface area contributed by atoms with Crippen LogP contribution in [0, 0.1) is 18.8 Å². The molecular formula is C15H19NO3S. The van der Waals surface area contributed by atoms with Crippen molar-refractivity contribution in [3.05, 3.63) is 42.0 Å². The van der Waals surface area contributed by atoms with Crippen molar-refractivity contribution in [1.29, 1.82) is 0 Å². The second-order valence-electron chi connectivity index (χ2n) is 4.42. The lowest BCUT2D eigenvalue weighted by Crippen LogP contribution is -2.33. The van der Waals surface area contributed by atoms with Crippen molar-refractivity contribution < 1.29 is 13.5 Å². The van der Waals surface area contributed by atoms with Gasteiger partial charge in [0.2, 0.25) is 10.0 Å². The van der Waals surface area contributed by atoms with Gasteiger partial charge in [-0.2, -0.15) is 4.31 Å². The molecule has 0 radical (unpaired) electrons. The predicted molar refractivity (Wildman–Crippen MR) is 79.6 cm³/mol. The van der Waals surface area contributed by atoms with Gasteiger partial charge < -0.3 is 5.11 Å².